The quantitative estimate of drug-likeness (QED) is 0.901. The maximum Gasteiger partial charge on any atom is 0.226 e. The van der Waals surface area contributed by atoms with Crippen molar-refractivity contribution in [1.82, 2.24) is 20.0 Å². The molecule has 1 unspecified atom stereocenters. The fourth-order valence-electron chi connectivity index (χ4n) is 2.87. The Balaban J connectivity index is 1.59. The van der Waals surface area contributed by atoms with Crippen molar-refractivity contribution in [1.29, 1.82) is 0 Å². The number of benzene rings is 1. The van der Waals surface area contributed by atoms with Gasteiger partial charge in [0, 0.05) is 38.4 Å². The van der Waals surface area contributed by atoms with Gasteiger partial charge < -0.3 is 15.0 Å². The first kappa shape index (κ1) is 16.4. The van der Waals surface area contributed by atoms with Crippen molar-refractivity contribution >= 4 is 5.91 Å². The average Bonchev–Trinajstić information content (AvgIpc) is 3.03. The molecule has 1 aromatic carbocycles. The van der Waals surface area contributed by atoms with E-state index in [2.05, 4.69) is 10.4 Å². The van der Waals surface area contributed by atoms with E-state index < -0.39 is 5.82 Å². The van der Waals surface area contributed by atoms with Crippen molar-refractivity contribution in [3.63, 3.8) is 0 Å². The van der Waals surface area contributed by atoms with Crippen LogP contribution < -0.4 is 10.1 Å². The highest BCUT2D eigenvalue weighted by molar-refractivity contribution is 5.77. The van der Waals surface area contributed by atoms with Crippen LogP contribution in [0.2, 0.25) is 0 Å². The van der Waals surface area contributed by atoms with Gasteiger partial charge in [-0.3, -0.25) is 9.48 Å². The molecule has 1 atom stereocenters. The molecular weight excluding hydrogens is 311 g/mol. The second-order valence-corrected chi connectivity index (χ2v) is 5.78. The van der Waals surface area contributed by atoms with Crippen molar-refractivity contribution in [2.75, 3.05) is 26.2 Å². The molecular formula is C17H21FN4O2. The Morgan fingerprint density at radius 1 is 1.46 bits per heavy atom. The summed E-state index contributed by atoms with van der Waals surface area (Å²) < 4.78 is 20.6. The highest BCUT2D eigenvalue weighted by atomic mass is 19.1. The van der Waals surface area contributed by atoms with Gasteiger partial charge in [0.2, 0.25) is 5.91 Å². The summed E-state index contributed by atoms with van der Waals surface area (Å²) in [6.07, 6.45) is 3.92. The molecule has 1 fully saturated rings. The van der Waals surface area contributed by atoms with Crippen LogP contribution in [0.15, 0.2) is 36.7 Å². The van der Waals surface area contributed by atoms with Crippen LogP contribution in [0.4, 0.5) is 4.39 Å². The van der Waals surface area contributed by atoms with Gasteiger partial charge in [0.05, 0.1) is 25.3 Å². The summed E-state index contributed by atoms with van der Waals surface area (Å²) in [7, 11) is 1.86. The van der Waals surface area contributed by atoms with Gasteiger partial charge in [-0.1, -0.05) is 12.1 Å². The molecule has 0 radical (unpaired) electrons. The molecule has 3 rings (SSSR count). The number of hydrogen-bond donors (Lipinski definition) is 1. The maximum absolute atomic E-state index is 13.5. The Morgan fingerprint density at radius 3 is 3.04 bits per heavy atom. The number of halogens is 1. The van der Waals surface area contributed by atoms with Gasteiger partial charge in [0.1, 0.15) is 0 Å². The number of para-hydroxylation sites is 1. The van der Waals surface area contributed by atoms with Gasteiger partial charge in [0.15, 0.2) is 11.6 Å². The van der Waals surface area contributed by atoms with E-state index in [9.17, 15) is 9.18 Å². The number of aryl methyl sites for hydroxylation is 1. The van der Waals surface area contributed by atoms with E-state index in [0.29, 0.717) is 13.1 Å². The molecule has 0 saturated carbocycles. The van der Waals surface area contributed by atoms with Crippen LogP contribution in [0.1, 0.15) is 18.0 Å². The second kappa shape index (κ2) is 7.44. The largest absolute Gasteiger partial charge is 0.490 e. The third-order valence-electron chi connectivity index (χ3n) is 4.08. The van der Waals surface area contributed by atoms with Crippen LogP contribution >= 0.6 is 0 Å². The minimum atomic E-state index is -0.416. The van der Waals surface area contributed by atoms with Gasteiger partial charge in [-0.15, -0.1) is 0 Å². The van der Waals surface area contributed by atoms with E-state index in [4.69, 9.17) is 4.74 Å². The summed E-state index contributed by atoms with van der Waals surface area (Å²) in [5.41, 5.74) is 1.01. The number of nitrogens with one attached hydrogen (secondary N) is 1. The summed E-state index contributed by atoms with van der Waals surface area (Å²) in [5, 5.41) is 7.49. The number of carbonyl (C=O) groups is 1. The first-order valence-corrected chi connectivity index (χ1v) is 8.01. The summed E-state index contributed by atoms with van der Waals surface area (Å²) in [6, 6.07) is 6.17. The smallest absolute Gasteiger partial charge is 0.226 e. The molecule has 1 amide bonds. The first-order valence-electron chi connectivity index (χ1n) is 8.01. The molecule has 1 saturated heterocycles. The molecule has 0 aliphatic carbocycles. The lowest BCUT2D eigenvalue weighted by Gasteiger charge is -2.35. The topological polar surface area (TPSA) is 59.4 Å². The molecule has 128 valence electrons. The number of amides is 1. The Kier molecular flexibility index (Phi) is 5.10. The van der Waals surface area contributed by atoms with Crippen LogP contribution in [0.25, 0.3) is 0 Å². The van der Waals surface area contributed by atoms with E-state index >= 15 is 0 Å². The van der Waals surface area contributed by atoms with Gasteiger partial charge >= 0.3 is 0 Å². The third kappa shape index (κ3) is 3.73. The highest BCUT2D eigenvalue weighted by Crippen LogP contribution is 2.22. The summed E-state index contributed by atoms with van der Waals surface area (Å²) in [5.74, 6) is -0.239. The predicted octanol–water partition coefficient (Wildman–Crippen LogP) is 1.50. The highest BCUT2D eigenvalue weighted by Gasteiger charge is 2.28. The zero-order chi connectivity index (χ0) is 16.9. The van der Waals surface area contributed by atoms with E-state index in [-0.39, 0.29) is 30.7 Å². The third-order valence-corrected chi connectivity index (χ3v) is 4.08. The molecule has 6 nitrogen and oxygen atoms in total. The minimum absolute atomic E-state index is 0.00157. The fourth-order valence-corrected chi connectivity index (χ4v) is 2.87. The molecule has 1 aliphatic heterocycles. The van der Waals surface area contributed by atoms with Crippen molar-refractivity contribution in [3.8, 4) is 5.75 Å². The van der Waals surface area contributed by atoms with Crippen LogP contribution in [0.5, 0.6) is 5.75 Å². The lowest BCUT2D eigenvalue weighted by Crippen LogP contribution is -2.48. The van der Waals surface area contributed by atoms with Crippen LogP contribution in [0, 0.1) is 5.82 Å². The maximum atomic E-state index is 13.5. The number of ether oxygens (including phenoxy) is 1. The van der Waals surface area contributed by atoms with Crippen molar-refractivity contribution < 1.29 is 13.9 Å². The first-order chi connectivity index (χ1) is 11.6. The molecule has 1 N–H and O–H groups in total. The Morgan fingerprint density at radius 2 is 2.29 bits per heavy atom. The van der Waals surface area contributed by atoms with Gasteiger partial charge in [-0.2, -0.15) is 5.10 Å². The summed E-state index contributed by atoms with van der Waals surface area (Å²) in [4.78, 5) is 14.4. The van der Waals surface area contributed by atoms with Gasteiger partial charge in [0.25, 0.3) is 0 Å². The number of hydrogen-bond acceptors (Lipinski definition) is 4. The van der Waals surface area contributed by atoms with E-state index in [1.807, 2.05) is 18.1 Å². The number of nitrogens with zero attached hydrogens (tertiary/aromatic N) is 3. The van der Waals surface area contributed by atoms with Crippen LogP contribution in [-0.2, 0) is 11.8 Å². The van der Waals surface area contributed by atoms with Crippen LogP contribution in [-0.4, -0.2) is 46.8 Å². The van der Waals surface area contributed by atoms with Crippen LogP contribution in [0.3, 0.4) is 0 Å². The zero-order valence-corrected chi connectivity index (χ0v) is 13.6. The van der Waals surface area contributed by atoms with Crippen molar-refractivity contribution in [3.05, 3.63) is 48.0 Å². The average molecular weight is 332 g/mol. The van der Waals surface area contributed by atoms with E-state index in [0.717, 1.165) is 12.1 Å². The molecule has 24 heavy (non-hydrogen) atoms. The SMILES string of the molecule is Cn1cc(C2CNCCN2C(=O)CCOc2ccccc2F)cn1. The van der Waals surface area contributed by atoms with E-state index in [1.165, 1.54) is 6.07 Å². The van der Waals surface area contributed by atoms with Gasteiger partial charge in [-0.05, 0) is 12.1 Å². The molecule has 2 heterocycles. The molecule has 0 spiro atoms. The lowest BCUT2D eigenvalue weighted by atomic mass is 10.1. The molecule has 0 bridgehead atoms. The number of piperazine rings is 1. The normalized spacial score (nSPS) is 17.8. The lowest BCUT2D eigenvalue weighted by molar-refractivity contribution is -0.135. The molecule has 2 aromatic rings. The zero-order valence-electron chi connectivity index (χ0n) is 13.6. The summed E-state index contributed by atoms with van der Waals surface area (Å²) in [6.45, 7) is 2.25. The van der Waals surface area contributed by atoms with E-state index in [1.54, 1.807) is 29.1 Å². The Hall–Kier alpha value is -2.41. The molecule has 1 aliphatic rings. The molecule has 7 heteroatoms. The Bertz CT molecular complexity index is 703. The second-order valence-electron chi connectivity index (χ2n) is 5.78. The Labute approximate surface area is 140 Å². The predicted molar refractivity (Wildman–Crippen MR) is 87.0 cm³/mol. The van der Waals surface area contributed by atoms with Crippen molar-refractivity contribution in [2.45, 2.75) is 12.5 Å². The number of rotatable bonds is 5. The minimum Gasteiger partial charge on any atom is -0.490 e. The number of aromatic nitrogens is 2. The standard InChI is InChI=1S/C17H21FN4O2/c1-21-12-13(10-20-21)15-11-19-7-8-22(15)17(23)6-9-24-16-5-3-2-4-14(16)18/h2-5,10,12,15,19H,6-9,11H2,1H3. The summed E-state index contributed by atoms with van der Waals surface area (Å²) >= 11 is 0. The number of carbonyl (C=O) groups excluding carboxylic acids is 1. The fraction of sp³-hybridized carbons (Fsp3) is 0.412. The van der Waals surface area contributed by atoms with Gasteiger partial charge in [-0.25, -0.2) is 4.39 Å². The molecule has 1 aromatic heterocycles. The van der Waals surface area contributed by atoms with Crippen molar-refractivity contribution in [2.24, 2.45) is 7.05 Å². The monoisotopic (exact) mass is 332 g/mol.